The van der Waals surface area contributed by atoms with Crippen molar-refractivity contribution in [3.63, 3.8) is 0 Å². The minimum Gasteiger partial charge on any atom is -0.507 e. The van der Waals surface area contributed by atoms with Crippen molar-refractivity contribution in [2.75, 3.05) is 6.61 Å². The van der Waals surface area contributed by atoms with Crippen LogP contribution in [0.25, 0.3) is 5.76 Å². The van der Waals surface area contributed by atoms with Crippen molar-refractivity contribution in [3.8, 4) is 11.5 Å². The summed E-state index contributed by atoms with van der Waals surface area (Å²) in [5.74, 6) is -0.192. The molecule has 3 heterocycles. The number of hydrogen-bond acceptors (Lipinski definition) is 6. The number of carbonyl (C=O) groups is 2. The van der Waals surface area contributed by atoms with Crippen LogP contribution in [0.4, 0.5) is 0 Å². The number of Topliss-reactive ketones (excluding diaryl/α,β-unsaturated/α-hetero) is 1. The molecule has 2 aliphatic rings. The van der Waals surface area contributed by atoms with Crippen molar-refractivity contribution >= 4 is 17.4 Å². The van der Waals surface area contributed by atoms with Crippen LogP contribution in [-0.4, -0.2) is 39.4 Å². The summed E-state index contributed by atoms with van der Waals surface area (Å²) in [7, 11) is 0. The van der Waals surface area contributed by atoms with Gasteiger partial charge in [-0.2, -0.15) is 0 Å². The monoisotopic (exact) mass is 470 g/mol. The minimum absolute atomic E-state index is 0.0498. The molecular weight excluding hydrogens is 444 g/mol. The van der Waals surface area contributed by atoms with Gasteiger partial charge >= 0.3 is 0 Å². The molecule has 35 heavy (non-hydrogen) atoms. The largest absolute Gasteiger partial charge is 0.507 e. The van der Waals surface area contributed by atoms with Gasteiger partial charge in [0.05, 0.1) is 18.2 Å². The van der Waals surface area contributed by atoms with Gasteiger partial charge in [-0.05, 0) is 66.9 Å². The molecule has 2 aliphatic heterocycles. The zero-order chi connectivity index (χ0) is 24.5. The number of ketones is 1. The normalized spacial score (nSPS) is 20.6. The summed E-state index contributed by atoms with van der Waals surface area (Å²) in [6.45, 7) is 4.53. The minimum atomic E-state index is -0.779. The van der Waals surface area contributed by atoms with Crippen molar-refractivity contribution in [1.82, 2.24) is 9.88 Å². The van der Waals surface area contributed by atoms with E-state index >= 15 is 0 Å². The number of pyridine rings is 1. The molecule has 2 aromatic carbocycles. The number of likely N-dealkylation sites (tertiary alicyclic amines) is 1. The van der Waals surface area contributed by atoms with Gasteiger partial charge in [-0.1, -0.05) is 18.2 Å². The van der Waals surface area contributed by atoms with Crippen molar-refractivity contribution in [2.24, 2.45) is 0 Å². The van der Waals surface area contributed by atoms with Crippen molar-refractivity contribution < 1.29 is 24.2 Å². The number of nitrogens with zero attached hydrogens (tertiary/aromatic N) is 2. The number of rotatable bonds is 6. The lowest BCUT2D eigenvalue weighted by Gasteiger charge is -2.25. The second-order valence-corrected chi connectivity index (χ2v) is 8.75. The number of amides is 1. The van der Waals surface area contributed by atoms with E-state index in [-0.39, 0.29) is 24.0 Å². The van der Waals surface area contributed by atoms with Crippen LogP contribution in [0, 0.1) is 0 Å². The van der Waals surface area contributed by atoms with E-state index in [4.69, 9.17) is 9.47 Å². The molecule has 1 saturated heterocycles. The number of aliphatic hydroxyl groups is 1. The van der Waals surface area contributed by atoms with E-state index in [1.807, 2.05) is 50.2 Å². The van der Waals surface area contributed by atoms with Crippen molar-refractivity contribution in [1.29, 1.82) is 0 Å². The highest BCUT2D eigenvalue weighted by Gasteiger charge is 2.46. The number of hydrogen-bond donors (Lipinski definition) is 1. The number of ether oxygens (including phenoxy) is 2. The summed E-state index contributed by atoms with van der Waals surface area (Å²) in [6, 6.07) is 15.5. The first-order valence-electron chi connectivity index (χ1n) is 11.7. The fourth-order valence-electron chi connectivity index (χ4n) is 4.74. The standard InChI is InChI=1S/C28H26N2O5/c1-3-34-22-8-4-7-19(14-22)25-24(26(31)20-9-10-23-21(13-20)12-17(2)35-23)27(32)28(33)30(25)16-18-6-5-11-29-15-18/h4-11,13-15,17,25,31H,3,12,16H2,1-2H3/b26-24+/t17-,25-/m1/s1. The topological polar surface area (TPSA) is 89.0 Å². The maximum absolute atomic E-state index is 13.3. The first-order valence-corrected chi connectivity index (χ1v) is 11.7. The lowest BCUT2D eigenvalue weighted by Crippen LogP contribution is -2.29. The molecule has 0 radical (unpaired) electrons. The Hall–Kier alpha value is -4.13. The third-order valence-corrected chi connectivity index (χ3v) is 6.27. The molecule has 0 unspecified atom stereocenters. The van der Waals surface area contributed by atoms with Gasteiger partial charge < -0.3 is 19.5 Å². The Morgan fingerprint density at radius 3 is 2.80 bits per heavy atom. The van der Waals surface area contributed by atoms with Gasteiger partial charge in [0.15, 0.2) is 0 Å². The Bertz CT molecular complexity index is 1320. The highest BCUT2D eigenvalue weighted by molar-refractivity contribution is 6.46. The van der Waals surface area contributed by atoms with Gasteiger partial charge in [-0.25, -0.2) is 0 Å². The molecule has 5 rings (SSSR count). The summed E-state index contributed by atoms with van der Waals surface area (Å²) in [6.07, 6.45) is 4.08. The lowest BCUT2D eigenvalue weighted by molar-refractivity contribution is -0.140. The van der Waals surface area contributed by atoms with E-state index in [0.29, 0.717) is 29.9 Å². The second-order valence-electron chi connectivity index (χ2n) is 8.75. The molecule has 1 amide bonds. The van der Waals surface area contributed by atoms with Gasteiger partial charge in [-0.3, -0.25) is 14.6 Å². The Morgan fingerprint density at radius 1 is 1.17 bits per heavy atom. The van der Waals surface area contributed by atoms with E-state index in [1.165, 1.54) is 4.90 Å². The maximum atomic E-state index is 13.3. The zero-order valence-electron chi connectivity index (χ0n) is 19.6. The van der Waals surface area contributed by atoms with E-state index in [2.05, 4.69) is 4.98 Å². The predicted molar refractivity (Wildman–Crippen MR) is 130 cm³/mol. The van der Waals surface area contributed by atoms with Crippen molar-refractivity contribution in [3.05, 3.63) is 94.8 Å². The first-order chi connectivity index (χ1) is 17.0. The molecule has 1 N–H and O–H groups in total. The van der Waals surface area contributed by atoms with Crippen LogP contribution in [0.3, 0.4) is 0 Å². The average molecular weight is 471 g/mol. The molecule has 0 aliphatic carbocycles. The number of aromatic nitrogens is 1. The number of benzene rings is 2. The smallest absolute Gasteiger partial charge is 0.295 e. The fourth-order valence-corrected chi connectivity index (χ4v) is 4.74. The molecule has 1 aromatic heterocycles. The maximum Gasteiger partial charge on any atom is 0.295 e. The SMILES string of the molecule is CCOc1cccc([C@@H]2/C(=C(\O)c3ccc4c(c3)C[C@@H](C)O4)C(=O)C(=O)N2Cc2cccnc2)c1. The van der Waals surface area contributed by atoms with E-state index in [1.54, 1.807) is 30.6 Å². The lowest BCUT2D eigenvalue weighted by atomic mass is 9.94. The quantitative estimate of drug-likeness (QED) is 0.326. The molecule has 0 spiro atoms. The summed E-state index contributed by atoms with van der Waals surface area (Å²) in [5, 5.41) is 11.4. The van der Waals surface area contributed by atoms with Crippen LogP contribution in [-0.2, 0) is 22.6 Å². The average Bonchev–Trinajstić information content (AvgIpc) is 3.35. The first kappa shape index (κ1) is 22.7. The summed E-state index contributed by atoms with van der Waals surface area (Å²) < 4.78 is 11.4. The Labute approximate surface area is 203 Å². The van der Waals surface area contributed by atoms with Crippen LogP contribution in [0.15, 0.2) is 72.6 Å². The van der Waals surface area contributed by atoms with Gasteiger partial charge in [0.2, 0.25) is 0 Å². The second kappa shape index (κ2) is 9.25. The number of carbonyl (C=O) groups excluding carboxylic acids is 2. The Kier molecular flexibility index (Phi) is 5.99. The van der Waals surface area contributed by atoms with Crippen LogP contribution < -0.4 is 9.47 Å². The molecule has 0 saturated carbocycles. The van der Waals surface area contributed by atoms with Gasteiger partial charge in [-0.15, -0.1) is 0 Å². The molecule has 7 heteroatoms. The van der Waals surface area contributed by atoms with E-state index in [9.17, 15) is 14.7 Å². The summed E-state index contributed by atoms with van der Waals surface area (Å²) >= 11 is 0. The molecular formula is C28H26N2O5. The van der Waals surface area contributed by atoms with Crippen LogP contribution >= 0.6 is 0 Å². The Balaban J connectivity index is 1.63. The molecule has 3 aromatic rings. The summed E-state index contributed by atoms with van der Waals surface area (Å²) in [5.41, 5.74) is 2.95. The molecule has 1 fully saturated rings. The molecule has 7 nitrogen and oxygen atoms in total. The van der Waals surface area contributed by atoms with E-state index < -0.39 is 17.7 Å². The zero-order valence-corrected chi connectivity index (χ0v) is 19.6. The van der Waals surface area contributed by atoms with Gasteiger partial charge in [0, 0.05) is 30.9 Å². The summed E-state index contributed by atoms with van der Waals surface area (Å²) in [4.78, 5) is 32.2. The molecule has 2 atom stereocenters. The number of aliphatic hydroxyl groups excluding tert-OH is 1. The highest BCUT2D eigenvalue weighted by Crippen LogP contribution is 2.42. The predicted octanol–water partition coefficient (Wildman–Crippen LogP) is 4.43. The fraction of sp³-hybridized carbons (Fsp3) is 0.250. The third-order valence-electron chi connectivity index (χ3n) is 6.27. The Morgan fingerprint density at radius 2 is 2.03 bits per heavy atom. The van der Waals surface area contributed by atoms with Crippen molar-refractivity contribution in [2.45, 2.75) is 39.0 Å². The van der Waals surface area contributed by atoms with Crippen LogP contribution in [0.2, 0.25) is 0 Å². The molecule has 0 bridgehead atoms. The van der Waals surface area contributed by atoms with E-state index in [0.717, 1.165) is 16.9 Å². The van der Waals surface area contributed by atoms with Crippen LogP contribution in [0.5, 0.6) is 11.5 Å². The number of fused-ring (bicyclic) bond motifs is 1. The third kappa shape index (κ3) is 4.25. The highest BCUT2D eigenvalue weighted by atomic mass is 16.5. The van der Waals surface area contributed by atoms with Crippen LogP contribution in [0.1, 0.15) is 42.1 Å². The molecule has 178 valence electrons. The van der Waals surface area contributed by atoms with Gasteiger partial charge in [0.1, 0.15) is 23.4 Å². The van der Waals surface area contributed by atoms with Gasteiger partial charge in [0.25, 0.3) is 11.7 Å².